The molecule has 20 heavy (non-hydrogen) atoms. The Kier molecular flexibility index (Phi) is 4.09. The molecule has 0 radical (unpaired) electrons. The highest BCUT2D eigenvalue weighted by atomic mass is 35.5. The zero-order chi connectivity index (χ0) is 15.0. The van der Waals surface area contributed by atoms with E-state index in [0.717, 1.165) is 0 Å². The summed E-state index contributed by atoms with van der Waals surface area (Å²) in [5.41, 5.74) is 0.519. The molecule has 0 atom stereocenters. The standard InChI is InChI=1S/C13H8Cl3NO3/c1-6(18)7-2-12(13(19)20)17(5-7)11-4-9(15)8(14)3-10(11)16/h2-5H,1H3,(H,19,20). The number of nitrogens with zero attached hydrogens (tertiary/aromatic N) is 1. The largest absolute Gasteiger partial charge is 0.477 e. The second-order valence-corrected chi connectivity index (χ2v) is 5.28. The third kappa shape index (κ3) is 2.68. The Labute approximate surface area is 129 Å². The van der Waals surface area contributed by atoms with Crippen LogP contribution in [-0.2, 0) is 0 Å². The van der Waals surface area contributed by atoms with E-state index in [1.54, 1.807) is 0 Å². The average molecular weight is 333 g/mol. The van der Waals surface area contributed by atoms with Gasteiger partial charge in [-0.3, -0.25) is 4.79 Å². The molecule has 1 aromatic carbocycles. The predicted molar refractivity (Wildman–Crippen MR) is 77.8 cm³/mol. The molecule has 0 bridgehead atoms. The number of aromatic nitrogens is 1. The summed E-state index contributed by atoms with van der Waals surface area (Å²) in [6.07, 6.45) is 1.40. The number of carboxylic acid groups (broad SMARTS) is 1. The number of carboxylic acids is 1. The fraction of sp³-hybridized carbons (Fsp3) is 0.0769. The monoisotopic (exact) mass is 331 g/mol. The molecule has 2 rings (SSSR count). The quantitative estimate of drug-likeness (QED) is 0.672. The highest BCUT2D eigenvalue weighted by molar-refractivity contribution is 6.43. The van der Waals surface area contributed by atoms with Crippen LogP contribution in [0.4, 0.5) is 0 Å². The van der Waals surface area contributed by atoms with Crippen molar-refractivity contribution in [1.29, 1.82) is 0 Å². The van der Waals surface area contributed by atoms with Crippen LogP contribution in [0.5, 0.6) is 0 Å². The third-order valence-electron chi connectivity index (χ3n) is 2.69. The van der Waals surface area contributed by atoms with Crippen molar-refractivity contribution in [2.45, 2.75) is 6.92 Å². The predicted octanol–water partition coefficient (Wildman–Crippen LogP) is 4.34. The molecule has 0 aliphatic heterocycles. The first-order valence-corrected chi connectivity index (χ1v) is 6.56. The number of hydrogen-bond donors (Lipinski definition) is 1. The topological polar surface area (TPSA) is 59.3 Å². The first-order valence-electron chi connectivity index (χ1n) is 5.42. The Bertz CT molecular complexity index is 722. The van der Waals surface area contributed by atoms with E-state index in [2.05, 4.69) is 0 Å². The number of hydrogen-bond acceptors (Lipinski definition) is 2. The number of carbonyl (C=O) groups is 2. The maximum atomic E-state index is 11.4. The zero-order valence-corrected chi connectivity index (χ0v) is 12.4. The maximum Gasteiger partial charge on any atom is 0.352 e. The van der Waals surface area contributed by atoms with E-state index in [9.17, 15) is 14.7 Å². The van der Waals surface area contributed by atoms with Crippen LogP contribution in [0.3, 0.4) is 0 Å². The maximum absolute atomic E-state index is 11.4. The lowest BCUT2D eigenvalue weighted by atomic mass is 10.2. The molecule has 2 aromatic rings. The number of halogens is 3. The number of benzene rings is 1. The number of Topliss-reactive ketones (excluding diaryl/α,β-unsaturated/α-hetero) is 1. The molecule has 1 N–H and O–H groups in total. The van der Waals surface area contributed by atoms with Gasteiger partial charge in [-0.2, -0.15) is 0 Å². The van der Waals surface area contributed by atoms with E-state index in [1.807, 2.05) is 0 Å². The molecule has 7 heteroatoms. The smallest absolute Gasteiger partial charge is 0.352 e. The van der Waals surface area contributed by atoms with Crippen LogP contribution < -0.4 is 0 Å². The highest BCUT2D eigenvalue weighted by Crippen LogP contribution is 2.32. The van der Waals surface area contributed by atoms with Gasteiger partial charge in [-0.05, 0) is 25.1 Å². The Morgan fingerprint density at radius 2 is 1.65 bits per heavy atom. The van der Waals surface area contributed by atoms with Gasteiger partial charge in [0.2, 0.25) is 0 Å². The molecule has 0 saturated heterocycles. The van der Waals surface area contributed by atoms with Gasteiger partial charge in [0, 0.05) is 11.8 Å². The molecule has 1 aromatic heterocycles. The molecule has 104 valence electrons. The van der Waals surface area contributed by atoms with Crippen molar-refractivity contribution in [1.82, 2.24) is 4.57 Å². The number of aromatic carboxylic acids is 1. The fourth-order valence-electron chi connectivity index (χ4n) is 1.72. The minimum absolute atomic E-state index is 0.0875. The Hall–Kier alpha value is -1.49. The fourth-order valence-corrected chi connectivity index (χ4v) is 2.35. The Morgan fingerprint density at radius 3 is 2.20 bits per heavy atom. The van der Waals surface area contributed by atoms with Crippen molar-refractivity contribution in [3.8, 4) is 5.69 Å². The Balaban J connectivity index is 2.71. The molecule has 0 aliphatic carbocycles. The summed E-state index contributed by atoms with van der Waals surface area (Å²) >= 11 is 17.8. The van der Waals surface area contributed by atoms with Crippen LogP contribution in [0.2, 0.25) is 15.1 Å². The molecular weight excluding hydrogens is 325 g/mol. The minimum atomic E-state index is -1.18. The van der Waals surface area contributed by atoms with Crippen molar-refractivity contribution in [3.63, 3.8) is 0 Å². The lowest BCUT2D eigenvalue weighted by molar-refractivity contribution is 0.0688. The second-order valence-electron chi connectivity index (χ2n) is 4.06. The summed E-state index contributed by atoms with van der Waals surface area (Å²) in [5, 5.41) is 9.93. The average Bonchev–Trinajstić information content (AvgIpc) is 2.78. The van der Waals surface area contributed by atoms with Gasteiger partial charge in [-0.25, -0.2) is 4.79 Å². The zero-order valence-electron chi connectivity index (χ0n) is 10.2. The van der Waals surface area contributed by atoms with Crippen molar-refractivity contribution < 1.29 is 14.7 Å². The molecule has 1 heterocycles. The van der Waals surface area contributed by atoms with E-state index in [0.29, 0.717) is 5.69 Å². The molecule has 0 spiro atoms. The normalized spacial score (nSPS) is 10.6. The van der Waals surface area contributed by atoms with Gasteiger partial charge >= 0.3 is 5.97 Å². The van der Waals surface area contributed by atoms with Gasteiger partial charge in [0.15, 0.2) is 5.78 Å². The summed E-state index contributed by atoms with van der Waals surface area (Å²) < 4.78 is 1.30. The number of rotatable bonds is 3. The third-order valence-corrected chi connectivity index (χ3v) is 3.72. The molecule has 4 nitrogen and oxygen atoms in total. The van der Waals surface area contributed by atoms with Crippen LogP contribution in [0, 0.1) is 0 Å². The first-order chi connectivity index (χ1) is 9.31. The summed E-state index contributed by atoms with van der Waals surface area (Å²) in [4.78, 5) is 22.6. The van der Waals surface area contributed by atoms with Crippen molar-refractivity contribution >= 4 is 46.6 Å². The molecule has 0 fully saturated rings. The number of ketones is 1. The van der Waals surface area contributed by atoms with Crippen LogP contribution in [-0.4, -0.2) is 21.4 Å². The van der Waals surface area contributed by atoms with E-state index in [4.69, 9.17) is 34.8 Å². The van der Waals surface area contributed by atoms with Crippen molar-refractivity contribution in [3.05, 3.63) is 50.7 Å². The van der Waals surface area contributed by atoms with E-state index >= 15 is 0 Å². The van der Waals surface area contributed by atoms with Crippen LogP contribution in [0.15, 0.2) is 24.4 Å². The summed E-state index contributed by atoms with van der Waals surface area (Å²) in [6.45, 7) is 1.35. The highest BCUT2D eigenvalue weighted by Gasteiger charge is 2.18. The van der Waals surface area contributed by atoms with Crippen LogP contribution in [0.1, 0.15) is 27.8 Å². The summed E-state index contributed by atoms with van der Waals surface area (Å²) in [6, 6.07) is 4.14. The van der Waals surface area contributed by atoms with E-state index in [1.165, 1.54) is 35.9 Å². The summed E-state index contributed by atoms with van der Waals surface area (Å²) in [5.74, 6) is -1.43. The van der Waals surface area contributed by atoms with E-state index < -0.39 is 5.97 Å². The van der Waals surface area contributed by atoms with Gasteiger partial charge in [-0.1, -0.05) is 34.8 Å². The molecular formula is C13H8Cl3NO3. The van der Waals surface area contributed by atoms with Gasteiger partial charge < -0.3 is 9.67 Å². The molecule has 0 amide bonds. The van der Waals surface area contributed by atoms with E-state index in [-0.39, 0.29) is 32.1 Å². The van der Waals surface area contributed by atoms with Crippen molar-refractivity contribution in [2.24, 2.45) is 0 Å². The summed E-state index contributed by atoms with van der Waals surface area (Å²) in [7, 11) is 0. The number of carbonyl (C=O) groups excluding carboxylic acids is 1. The molecule has 0 aliphatic rings. The lowest BCUT2D eigenvalue weighted by Gasteiger charge is -2.10. The first kappa shape index (κ1) is 14.9. The van der Waals surface area contributed by atoms with Gasteiger partial charge in [0.1, 0.15) is 5.69 Å². The molecule has 0 unspecified atom stereocenters. The second kappa shape index (κ2) is 5.48. The Morgan fingerprint density at radius 1 is 1.05 bits per heavy atom. The van der Waals surface area contributed by atoms with Crippen LogP contribution >= 0.6 is 34.8 Å². The minimum Gasteiger partial charge on any atom is -0.477 e. The SMILES string of the molecule is CC(=O)c1cc(C(=O)O)n(-c2cc(Cl)c(Cl)cc2Cl)c1. The van der Waals surface area contributed by atoms with Crippen LogP contribution in [0.25, 0.3) is 5.69 Å². The van der Waals surface area contributed by atoms with Crippen molar-refractivity contribution in [2.75, 3.05) is 0 Å². The van der Waals surface area contributed by atoms with Gasteiger partial charge in [0.05, 0.1) is 20.8 Å². The molecule has 0 saturated carbocycles. The van der Waals surface area contributed by atoms with Gasteiger partial charge in [-0.15, -0.1) is 0 Å². The lowest BCUT2D eigenvalue weighted by Crippen LogP contribution is -2.06. The van der Waals surface area contributed by atoms with Gasteiger partial charge in [0.25, 0.3) is 0 Å².